The predicted octanol–water partition coefficient (Wildman–Crippen LogP) is 1.88. The molecule has 1 heterocycles. The highest BCUT2D eigenvalue weighted by atomic mass is 16.5. The van der Waals surface area contributed by atoms with Crippen molar-refractivity contribution in [2.75, 3.05) is 26.6 Å². The molecule has 0 spiro atoms. The van der Waals surface area contributed by atoms with Gasteiger partial charge in [-0.2, -0.15) is 0 Å². The molecule has 0 atom stereocenters. The summed E-state index contributed by atoms with van der Waals surface area (Å²) in [6.07, 6.45) is 3.77. The average molecular weight is 341 g/mol. The molecule has 3 rings (SSSR count). The number of methoxy groups -OCH3 is 3. The van der Waals surface area contributed by atoms with Crippen LogP contribution in [0.2, 0.25) is 0 Å². The van der Waals surface area contributed by atoms with Crippen LogP contribution in [-0.4, -0.2) is 42.9 Å². The van der Waals surface area contributed by atoms with Crippen LogP contribution in [0, 0.1) is 0 Å². The van der Waals surface area contributed by atoms with Crippen molar-refractivity contribution in [3.05, 3.63) is 47.7 Å². The van der Waals surface area contributed by atoms with Crippen molar-refractivity contribution < 1.29 is 23.8 Å². The largest absolute Gasteiger partial charge is 0.493 e. The van der Waals surface area contributed by atoms with Crippen molar-refractivity contribution in [2.24, 2.45) is 0 Å². The van der Waals surface area contributed by atoms with E-state index in [0.717, 1.165) is 0 Å². The summed E-state index contributed by atoms with van der Waals surface area (Å²) >= 11 is 0. The van der Waals surface area contributed by atoms with Crippen molar-refractivity contribution in [1.29, 1.82) is 0 Å². The zero-order chi connectivity index (χ0) is 18.0. The first-order valence-electron chi connectivity index (χ1n) is 7.26. The van der Waals surface area contributed by atoms with Gasteiger partial charge in [-0.1, -0.05) is 0 Å². The fraction of sp³-hybridized carbons (Fsp3) is 0.176. The summed E-state index contributed by atoms with van der Waals surface area (Å²) in [5, 5.41) is 2.92. The van der Waals surface area contributed by atoms with Gasteiger partial charge in [0.05, 0.1) is 32.6 Å². The average Bonchev–Trinajstić information content (AvgIpc) is 2.65. The molecule has 25 heavy (non-hydrogen) atoms. The van der Waals surface area contributed by atoms with Gasteiger partial charge in [0.1, 0.15) is 12.0 Å². The van der Waals surface area contributed by atoms with Crippen LogP contribution >= 0.6 is 0 Å². The molecule has 0 saturated heterocycles. The van der Waals surface area contributed by atoms with Crippen LogP contribution in [0.1, 0.15) is 20.8 Å². The van der Waals surface area contributed by atoms with Crippen molar-refractivity contribution in [1.82, 2.24) is 9.97 Å². The molecule has 1 aliphatic rings. The van der Waals surface area contributed by atoms with Crippen LogP contribution < -0.4 is 19.5 Å². The van der Waals surface area contributed by atoms with E-state index < -0.39 is 0 Å². The van der Waals surface area contributed by atoms with E-state index in [2.05, 4.69) is 15.3 Å². The summed E-state index contributed by atoms with van der Waals surface area (Å²) in [6, 6.07) is 3.27. The van der Waals surface area contributed by atoms with Crippen LogP contribution in [0.25, 0.3) is 0 Å². The molecule has 1 aromatic carbocycles. The standard InChI is InChI=1S/C17H15N3O5/c1-23-13-4-9(5-14(24-2)17(13)25-3)20-11-6-12(21)15-10(16(11)22)7-18-8-19-15/h4-8,20H,1-3H3. The van der Waals surface area contributed by atoms with Gasteiger partial charge in [0.2, 0.25) is 17.3 Å². The number of allylic oxidation sites excluding steroid dienone is 2. The van der Waals surface area contributed by atoms with E-state index in [1.807, 2.05) is 0 Å². The van der Waals surface area contributed by atoms with Gasteiger partial charge in [-0.05, 0) is 0 Å². The number of rotatable bonds is 5. The Labute approximate surface area is 143 Å². The lowest BCUT2D eigenvalue weighted by Gasteiger charge is -2.18. The number of aromatic nitrogens is 2. The highest BCUT2D eigenvalue weighted by Gasteiger charge is 2.27. The molecule has 1 aromatic heterocycles. The molecular formula is C17H15N3O5. The second kappa shape index (κ2) is 6.60. The first-order chi connectivity index (χ1) is 12.1. The number of anilines is 1. The van der Waals surface area contributed by atoms with Crippen molar-refractivity contribution in [3.8, 4) is 17.2 Å². The predicted molar refractivity (Wildman–Crippen MR) is 88.5 cm³/mol. The van der Waals surface area contributed by atoms with Crippen LogP contribution in [-0.2, 0) is 0 Å². The van der Waals surface area contributed by atoms with Gasteiger partial charge < -0.3 is 19.5 Å². The maximum Gasteiger partial charge on any atom is 0.213 e. The second-order valence-corrected chi connectivity index (χ2v) is 5.08. The number of hydrogen-bond acceptors (Lipinski definition) is 8. The molecule has 0 aliphatic heterocycles. The highest BCUT2D eigenvalue weighted by molar-refractivity contribution is 6.24. The molecule has 2 aromatic rings. The minimum Gasteiger partial charge on any atom is -0.493 e. The lowest BCUT2D eigenvalue weighted by molar-refractivity contribution is 0.0981. The number of carbonyl (C=O) groups excluding carboxylic acids is 2. The van der Waals surface area contributed by atoms with Gasteiger partial charge in [-0.3, -0.25) is 9.59 Å². The first kappa shape index (κ1) is 16.4. The second-order valence-electron chi connectivity index (χ2n) is 5.08. The van der Waals surface area contributed by atoms with Gasteiger partial charge in [0.15, 0.2) is 11.5 Å². The maximum absolute atomic E-state index is 12.5. The summed E-state index contributed by atoms with van der Waals surface area (Å²) < 4.78 is 15.8. The Balaban J connectivity index is 1.98. The van der Waals surface area contributed by atoms with E-state index in [0.29, 0.717) is 22.9 Å². The molecule has 0 bridgehead atoms. The Hall–Kier alpha value is -3.42. The van der Waals surface area contributed by atoms with Crippen molar-refractivity contribution in [2.45, 2.75) is 0 Å². The number of carbonyl (C=O) groups is 2. The first-order valence-corrected chi connectivity index (χ1v) is 7.26. The molecule has 8 nitrogen and oxygen atoms in total. The Morgan fingerprint density at radius 1 is 1.00 bits per heavy atom. The maximum atomic E-state index is 12.5. The molecule has 128 valence electrons. The third-order valence-corrected chi connectivity index (χ3v) is 3.65. The summed E-state index contributed by atoms with van der Waals surface area (Å²) in [7, 11) is 4.47. The number of ether oxygens (including phenoxy) is 3. The topological polar surface area (TPSA) is 99.6 Å². The zero-order valence-corrected chi connectivity index (χ0v) is 13.8. The third kappa shape index (κ3) is 2.89. The van der Waals surface area contributed by atoms with E-state index in [4.69, 9.17) is 14.2 Å². The van der Waals surface area contributed by atoms with Crippen molar-refractivity contribution in [3.63, 3.8) is 0 Å². The lowest BCUT2D eigenvalue weighted by Crippen LogP contribution is -2.23. The molecule has 0 saturated carbocycles. The quantitative estimate of drug-likeness (QED) is 0.880. The molecular weight excluding hydrogens is 326 g/mol. The summed E-state index contributed by atoms with van der Waals surface area (Å²) in [6.45, 7) is 0. The van der Waals surface area contributed by atoms with Crippen molar-refractivity contribution >= 4 is 17.3 Å². The molecule has 1 N–H and O–H groups in total. The number of hydrogen-bond donors (Lipinski definition) is 1. The monoisotopic (exact) mass is 341 g/mol. The SMILES string of the molecule is COc1cc(NC2=CC(=O)c3ncncc3C2=O)cc(OC)c1OC. The van der Waals surface area contributed by atoms with E-state index in [9.17, 15) is 9.59 Å². The fourth-order valence-electron chi connectivity index (χ4n) is 2.50. The molecule has 0 fully saturated rings. The van der Waals surface area contributed by atoms with Crippen LogP contribution in [0.15, 0.2) is 36.4 Å². The Morgan fingerprint density at radius 3 is 2.28 bits per heavy atom. The number of ketones is 2. The van der Waals surface area contributed by atoms with Crippen LogP contribution in [0.3, 0.4) is 0 Å². The number of fused-ring (bicyclic) bond motifs is 1. The summed E-state index contributed by atoms with van der Waals surface area (Å²) in [5.74, 6) is 0.525. The van der Waals surface area contributed by atoms with Gasteiger partial charge in [-0.25, -0.2) is 9.97 Å². The smallest absolute Gasteiger partial charge is 0.213 e. The third-order valence-electron chi connectivity index (χ3n) is 3.65. The molecule has 8 heteroatoms. The summed E-state index contributed by atoms with van der Waals surface area (Å²) in [5.41, 5.74) is 0.865. The number of Topliss-reactive ketones (excluding diaryl/α,β-unsaturated/α-hetero) is 1. The Morgan fingerprint density at radius 2 is 1.68 bits per heavy atom. The van der Waals surface area contributed by atoms with E-state index >= 15 is 0 Å². The molecule has 0 amide bonds. The Kier molecular flexibility index (Phi) is 4.34. The van der Waals surface area contributed by atoms with Gasteiger partial charge in [-0.15, -0.1) is 0 Å². The highest BCUT2D eigenvalue weighted by Crippen LogP contribution is 2.40. The fourth-order valence-corrected chi connectivity index (χ4v) is 2.50. The van der Waals surface area contributed by atoms with Gasteiger partial charge in [0.25, 0.3) is 0 Å². The zero-order valence-electron chi connectivity index (χ0n) is 13.8. The van der Waals surface area contributed by atoms with E-state index in [-0.39, 0.29) is 28.5 Å². The van der Waals surface area contributed by atoms with Crippen LogP contribution in [0.4, 0.5) is 5.69 Å². The van der Waals surface area contributed by atoms with E-state index in [1.165, 1.54) is 39.9 Å². The van der Waals surface area contributed by atoms with E-state index in [1.54, 1.807) is 12.1 Å². The Bertz CT molecular complexity index is 867. The van der Waals surface area contributed by atoms with Crippen LogP contribution in [0.5, 0.6) is 17.2 Å². The number of benzene rings is 1. The molecule has 0 radical (unpaired) electrons. The number of nitrogens with one attached hydrogen (secondary N) is 1. The minimum absolute atomic E-state index is 0.0930. The molecule has 1 aliphatic carbocycles. The van der Waals surface area contributed by atoms with Gasteiger partial charge in [0, 0.05) is 30.1 Å². The lowest BCUT2D eigenvalue weighted by atomic mass is 9.98. The minimum atomic E-state index is -0.371. The number of nitrogens with zero attached hydrogens (tertiary/aromatic N) is 2. The van der Waals surface area contributed by atoms with Gasteiger partial charge >= 0.3 is 0 Å². The molecule has 0 unspecified atom stereocenters. The normalized spacial score (nSPS) is 13.0. The summed E-state index contributed by atoms with van der Waals surface area (Å²) in [4.78, 5) is 32.4.